The van der Waals surface area contributed by atoms with E-state index in [0.29, 0.717) is 0 Å². The number of ether oxygens (including phenoxy) is 1. The van der Waals surface area contributed by atoms with Gasteiger partial charge >= 0.3 is 11.9 Å². The highest BCUT2D eigenvalue weighted by molar-refractivity contribution is 5.89. The van der Waals surface area contributed by atoms with Crippen molar-refractivity contribution in [2.75, 3.05) is 6.61 Å². The van der Waals surface area contributed by atoms with E-state index in [9.17, 15) is 18.4 Å². The summed E-state index contributed by atoms with van der Waals surface area (Å²) in [5.74, 6) is -7.09. The quantitative estimate of drug-likeness (QED) is 0.684. The normalized spacial score (nSPS) is 12.3. The second-order valence-electron chi connectivity index (χ2n) is 4.73. The first-order valence-corrected chi connectivity index (χ1v) is 7.09. The van der Waals surface area contributed by atoms with Crippen molar-refractivity contribution in [3.8, 4) is 5.75 Å². The number of carboxylic acids is 1. The first-order chi connectivity index (χ1) is 10.8. The Morgan fingerprint density at radius 1 is 1.43 bits per heavy atom. The molecular weight excluding hydrogens is 308 g/mol. The minimum atomic E-state index is -3.91. The Bertz CT molecular complexity index is 575. The number of hydrogen-bond donors (Lipinski definition) is 2. The van der Waals surface area contributed by atoms with Crippen molar-refractivity contribution < 1.29 is 28.2 Å². The lowest BCUT2D eigenvalue weighted by molar-refractivity contribution is -0.152. The monoisotopic (exact) mass is 327 g/mol. The molecule has 0 spiro atoms. The predicted octanol–water partition coefficient (Wildman–Crippen LogP) is 2.71. The first-order valence-electron chi connectivity index (χ1n) is 7.09. The Kier molecular flexibility index (Phi) is 6.68. The number of aliphatic carboxylic acids is 1. The zero-order valence-electron chi connectivity index (χ0n) is 12.7. The number of benzene rings is 1. The molecule has 1 amide bonds. The highest BCUT2D eigenvalue weighted by atomic mass is 19.3. The zero-order valence-corrected chi connectivity index (χ0v) is 12.7. The third-order valence-electron chi connectivity index (χ3n) is 3.07. The standard InChI is InChI=1S/C16H19F2NO4/c1-3-5-9-12(14(20)21)19-15(22)16(17,18)11-8-6-7-10-13(11)23-4-2/h3,6-8,10,12H,1,4-5,9H2,2H3,(H,19,22)(H,20,21). The number of allylic oxidation sites excluding steroid dienone is 1. The van der Waals surface area contributed by atoms with E-state index in [4.69, 9.17) is 9.84 Å². The molecule has 126 valence electrons. The molecule has 7 heteroatoms. The van der Waals surface area contributed by atoms with E-state index in [2.05, 4.69) is 6.58 Å². The number of amides is 1. The Morgan fingerprint density at radius 2 is 2.09 bits per heavy atom. The molecule has 1 rings (SSSR count). The smallest absolute Gasteiger partial charge is 0.353 e. The largest absolute Gasteiger partial charge is 0.493 e. The summed E-state index contributed by atoms with van der Waals surface area (Å²) in [5.41, 5.74) is -0.604. The maximum Gasteiger partial charge on any atom is 0.353 e. The summed E-state index contributed by atoms with van der Waals surface area (Å²) in [7, 11) is 0. The summed E-state index contributed by atoms with van der Waals surface area (Å²) in [6, 6.07) is 3.85. The number of alkyl halides is 2. The molecule has 23 heavy (non-hydrogen) atoms. The zero-order chi connectivity index (χ0) is 17.5. The summed E-state index contributed by atoms with van der Waals surface area (Å²) in [5, 5.41) is 10.9. The molecule has 0 radical (unpaired) electrons. The molecule has 0 aliphatic carbocycles. The average molecular weight is 327 g/mol. The minimum absolute atomic E-state index is 0.0201. The van der Waals surface area contributed by atoms with Gasteiger partial charge in [-0.05, 0) is 31.9 Å². The van der Waals surface area contributed by atoms with Gasteiger partial charge < -0.3 is 15.2 Å². The van der Waals surface area contributed by atoms with Crippen molar-refractivity contribution >= 4 is 11.9 Å². The van der Waals surface area contributed by atoms with Gasteiger partial charge in [-0.2, -0.15) is 8.78 Å². The van der Waals surface area contributed by atoms with Gasteiger partial charge in [0.25, 0.3) is 5.91 Å². The molecule has 0 saturated carbocycles. The molecule has 1 aromatic rings. The topological polar surface area (TPSA) is 75.6 Å². The van der Waals surface area contributed by atoms with Gasteiger partial charge in [-0.1, -0.05) is 18.2 Å². The maximum absolute atomic E-state index is 14.4. The summed E-state index contributed by atoms with van der Waals surface area (Å²) < 4.78 is 33.8. The second kappa shape index (κ2) is 8.26. The number of hydrogen-bond acceptors (Lipinski definition) is 3. The van der Waals surface area contributed by atoms with Gasteiger partial charge in [0.05, 0.1) is 12.2 Å². The maximum atomic E-state index is 14.4. The minimum Gasteiger partial charge on any atom is -0.493 e. The molecule has 2 N–H and O–H groups in total. The summed E-state index contributed by atoms with van der Waals surface area (Å²) in [6.45, 7) is 5.22. The molecule has 0 heterocycles. The molecule has 1 atom stereocenters. The molecule has 0 fully saturated rings. The van der Waals surface area contributed by atoms with Gasteiger partial charge in [0, 0.05) is 0 Å². The Labute approximate surface area is 133 Å². The van der Waals surface area contributed by atoms with Crippen molar-refractivity contribution in [3.63, 3.8) is 0 Å². The van der Waals surface area contributed by atoms with Crippen LogP contribution in [0.15, 0.2) is 36.9 Å². The molecule has 0 aliphatic rings. The predicted molar refractivity (Wildman–Crippen MR) is 80.5 cm³/mol. The van der Waals surface area contributed by atoms with Crippen molar-refractivity contribution in [2.24, 2.45) is 0 Å². The number of para-hydroxylation sites is 1. The van der Waals surface area contributed by atoms with Crippen molar-refractivity contribution in [1.82, 2.24) is 5.32 Å². The van der Waals surface area contributed by atoms with Crippen LogP contribution < -0.4 is 10.1 Å². The fraction of sp³-hybridized carbons (Fsp3) is 0.375. The van der Waals surface area contributed by atoms with E-state index in [1.807, 2.05) is 5.32 Å². The van der Waals surface area contributed by atoms with Crippen molar-refractivity contribution in [3.05, 3.63) is 42.5 Å². The highest BCUT2D eigenvalue weighted by Gasteiger charge is 2.44. The van der Waals surface area contributed by atoms with Crippen LogP contribution in [0.4, 0.5) is 8.78 Å². The molecule has 0 aromatic heterocycles. The Morgan fingerprint density at radius 3 is 2.65 bits per heavy atom. The van der Waals surface area contributed by atoms with E-state index in [1.165, 1.54) is 24.3 Å². The summed E-state index contributed by atoms with van der Waals surface area (Å²) in [4.78, 5) is 22.9. The van der Waals surface area contributed by atoms with Gasteiger partial charge in [-0.15, -0.1) is 6.58 Å². The lowest BCUT2D eigenvalue weighted by Crippen LogP contribution is -2.47. The molecule has 0 aliphatic heterocycles. The lowest BCUT2D eigenvalue weighted by atomic mass is 10.1. The molecule has 5 nitrogen and oxygen atoms in total. The lowest BCUT2D eigenvalue weighted by Gasteiger charge is -2.21. The Hall–Kier alpha value is -2.44. The van der Waals surface area contributed by atoms with E-state index >= 15 is 0 Å². The van der Waals surface area contributed by atoms with Crippen LogP contribution in [0, 0.1) is 0 Å². The van der Waals surface area contributed by atoms with E-state index in [-0.39, 0.29) is 25.2 Å². The average Bonchev–Trinajstić information content (AvgIpc) is 2.51. The van der Waals surface area contributed by atoms with Crippen LogP contribution in [0.25, 0.3) is 0 Å². The van der Waals surface area contributed by atoms with Gasteiger partial charge in [0.15, 0.2) is 0 Å². The summed E-state index contributed by atoms with van der Waals surface area (Å²) >= 11 is 0. The molecule has 0 bridgehead atoms. The molecular formula is C16H19F2NO4. The molecule has 0 saturated heterocycles. The highest BCUT2D eigenvalue weighted by Crippen LogP contribution is 2.35. The first kappa shape index (κ1) is 18.6. The van der Waals surface area contributed by atoms with Crippen LogP contribution >= 0.6 is 0 Å². The van der Waals surface area contributed by atoms with E-state index in [1.54, 1.807) is 6.92 Å². The number of carbonyl (C=O) groups excluding carboxylic acids is 1. The molecule has 1 aromatic carbocycles. The van der Waals surface area contributed by atoms with E-state index in [0.717, 1.165) is 6.07 Å². The van der Waals surface area contributed by atoms with Gasteiger partial charge in [0.2, 0.25) is 0 Å². The Balaban J connectivity index is 3.00. The van der Waals surface area contributed by atoms with Crippen LogP contribution in [0.1, 0.15) is 25.3 Å². The number of carbonyl (C=O) groups is 2. The summed E-state index contributed by atoms with van der Waals surface area (Å²) in [6.07, 6.45) is 1.71. The second-order valence-corrected chi connectivity index (χ2v) is 4.73. The number of carboxylic acid groups (broad SMARTS) is 1. The van der Waals surface area contributed by atoms with Crippen molar-refractivity contribution in [2.45, 2.75) is 31.7 Å². The fourth-order valence-electron chi connectivity index (χ4n) is 1.92. The van der Waals surface area contributed by atoms with Crippen LogP contribution in [0.3, 0.4) is 0 Å². The van der Waals surface area contributed by atoms with Crippen LogP contribution in [0.2, 0.25) is 0 Å². The fourth-order valence-corrected chi connectivity index (χ4v) is 1.92. The van der Waals surface area contributed by atoms with Crippen molar-refractivity contribution in [1.29, 1.82) is 0 Å². The third kappa shape index (κ3) is 4.77. The van der Waals surface area contributed by atoms with Crippen LogP contribution in [0.5, 0.6) is 5.75 Å². The third-order valence-corrected chi connectivity index (χ3v) is 3.07. The SMILES string of the molecule is C=CCCC(NC(=O)C(F)(F)c1ccccc1OCC)C(=O)O. The van der Waals surface area contributed by atoms with Gasteiger partial charge in [-0.3, -0.25) is 4.79 Å². The van der Waals surface area contributed by atoms with Crippen LogP contribution in [-0.2, 0) is 15.5 Å². The van der Waals surface area contributed by atoms with Gasteiger partial charge in [-0.25, -0.2) is 4.79 Å². The van der Waals surface area contributed by atoms with Gasteiger partial charge in [0.1, 0.15) is 11.8 Å². The van der Waals surface area contributed by atoms with E-state index < -0.39 is 29.4 Å². The number of nitrogens with one attached hydrogen (secondary N) is 1. The molecule has 1 unspecified atom stereocenters. The number of halogens is 2. The van der Waals surface area contributed by atoms with Crippen LogP contribution in [-0.4, -0.2) is 29.6 Å². The number of rotatable bonds is 9.